The molecule has 0 aliphatic carbocycles. The summed E-state index contributed by atoms with van der Waals surface area (Å²) in [6, 6.07) is 13.6. The zero-order valence-electron chi connectivity index (χ0n) is 13.7. The Morgan fingerprint density at radius 3 is 2.65 bits per heavy atom. The predicted molar refractivity (Wildman–Crippen MR) is 97.7 cm³/mol. The molecule has 1 amide bonds. The van der Waals surface area contributed by atoms with Gasteiger partial charge in [0.05, 0.1) is 24.3 Å². The Hall–Kier alpha value is -2.84. The van der Waals surface area contributed by atoms with E-state index in [9.17, 15) is 13.2 Å². The molecule has 0 radical (unpaired) electrons. The molecule has 4 rings (SSSR count). The molecule has 7 nitrogen and oxygen atoms in total. The molecule has 1 aliphatic rings. The van der Waals surface area contributed by atoms with Gasteiger partial charge in [0, 0.05) is 16.6 Å². The van der Waals surface area contributed by atoms with E-state index >= 15 is 0 Å². The SMILES string of the molecule is O=C(Nc1ccc2occc2c1)c1ccc(N2COCCS2(=O)=O)cc1. The van der Waals surface area contributed by atoms with E-state index in [-0.39, 0.29) is 25.0 Å². The quantitative estimate of drug-likeness (QED) is 0.764. The summed E-state index contributed by atoms with van der Waals surface area (Å²) >= 11 is 0. The first-order chi connectivity index (χ1) is 12.5. The fourth-order valence-corrected chi connectivity index (χ4v) is 3.99. The van der Waals surface area contributed by atoms with Crippen LogP contribution in [0.15, 0.2) is 59.2 Å². The number of furan rings is 1. The van der Waals surface area contributed by atoms with Gasteiger partial charge in [-0.1, -0.05) is 0 Å². The molecule has 0 unspecified atom stereocenters. The van der Waals surface area contributed by atoms with Crippen LogP contribution in [0.3, 0.4) is 0 Å². The fraction of sp³-hybridized carbons (Fsp3) is 0.167. The fourth-order valence-electron chi connectivity index (χ4n) is 2.76. The van der Waals surface area contributed by atoms with Gasteiger partial charge in [-0.25, -0.2) is 12.7 Å². The number of sulfonamides is 1. The van der Waals surface area contributed by atoms with Gasteiger partial charge in [-0.05, 0) is 48.5 Å². The monoisotopic (exact) mass is 372 g/mol. The lowest BCUT2D eigenvalue weighted by atomic mass is 10.2. The second-order valence-electron chi connectivity index (χ2n) is 5.88. The second kappa shape index (κ2) is 6.47. The number of nitrogens with zero attached hydrogens (tertiary/aromatic N) is 1. The smallest absolute Gasteiger partial charge is 0.255 e. The minimum absolute atomic E-state index is 0.0153. The molecule has 0 bridgehead atoms. The number of hydrogen-bond donors (Lipinski definition) is 1. The van der Waals surface area contributed by atoms with Gasteiger partial charge in [-0.2, -0.15) is 0 Å². The number of benzene rings is 2. The van der Waals surface area contributed by atoms with Crippen LogP contribution in [-0.2, 0) is 14.8 Å². The van der Waals surface area contributed by atoms with Crippen LogP contribution in [0, 0.1) is 0 Å². The molecule has 26 heavy (non-hydrogen) atoms. The molecule has 2 heterocycles. The first-order valence-electron chi connectivity index (χ1n) is 8.00. The number of amides is 1. The molecule has 1 fully saturated rings. The van der Waals surface area contributed by atoms with Crippen molar-refractivity contribution in [1.82, 2.24) is 0 Å². The van der Waals surface area contributed by atoms with Gasteiger partial charge < -0.3 is 14.5 Å². The maximum Gasteiger partial charge on any atom is 0.255 e. The molecular formula is C18H16N2O5S. The van der Waals surface area contributed by atoms with Crippen molar-refractivity contribution in [2.24, 2.45) is 0 Å². The van der Waals surface area contributed by atoms with E-state index in [1.54, 1.807) is 42.7 Å². The summed E-state index contributed by atoms with van der Waals surface area (Å²) in [6.07, 6.45) is 1.59. The van der Waals surface area contributed by atoms with Crippen LogP contribution >= 0.6 is 0 Å². The van der Waals surface area contributed by atoms with Gasteiger partial charge >= 0.3 is 0 Å². The number of carbonyl (C=O) groups excluding carboxylic acids is 1. The lowest BCUT2D eigenvalue weighted by Crippen LogP contribution is -2.41. The summed E-state index contributed by atoms with van der Waals surface area (Å²) in [6.45, 7) is 0.179. The minimum atomic E-state index is -3.37. The largest absolute Gasteiger partial charge is 0.464 e. The first kappa shape index (κ1) is 16.6. The Morgan fingerprint density at radius 1 is 1.08 bits per heavy atom. The maximum absolute atomic E-state index is 12.4. The van der Waals surface area contributed by atoms with Crippen molar-refractivity contribution in [3.8, 4) is 0 Å². The van der Waals surface area contributed by atoms with Crippen LogP contribution in [0.4, 0.5) is 11.4 Å². The number of carbonyl (C=O) groups is 1. The molecule has 2 aromatic carbocycles. The zero-order chi connectivity index (χ0) is 18.1. The van der Waals surface area contributed by atoms with Crippen LogP contribution in [0.2, 0.25) is 0 Å². The molecule has 134 valence electrons. The van der Waals surface area contributed by atoms with Gasteiger partial charge in [-0.3, -0.25) is 4.79 Å². The summed E-state index contributed by atoms with van der Waals surface area (Å²) in [5.74, 6) is -0.330. The summed E-state index contributed by atoms with van der Waals surface area (Å²) < 4.78 is 35.9. The van der Waals surface area contributed by atoms with E-state index in [0.717, 1.165) is 11.0 Å². The van der Waals surface area contributed by atoms with Crippen LogP contribution < -0.4 is 9.62 Å². The predicted octanol–water partition coefficient (Wildman–Crippen LogP) is 2.81. The van der Waals surface area contributed by atoms with Crippen LogP contribution in [-0.4, -0.2) is 33.4 Å². The van der Waals surface area contributed by atoms with E-state index in [2.05, 4.69) is 5.32 Å². The lowest BCUT2D eigenvalue weighted by molar-refractivity contribution is 0.102. The standard InChI is InChI=1S/C18H16N2O5S/c21-18(19-15-3-6-17-14(11-15)7-8-25-17)13-1-4-16(5-2-13)20-12-24-9-10-26(20,22)23/h1-8,11H,9-10,12H2,(H,19,21). The summed E-state index contributed by atoms with van der Waals surface area (Å²) in [5.41, 5.74) is 2.30. The van der Waals surface area contributed by atoms with Crippen molar-refractivity contribution in [2.45, 2.75) is 0 Å². The van der Waals surface area contributed by atoms with Gasteiger partial charge in [-0.15, -0.1) is 0 Å². The van der Waals surface area contributed by atoms with Gasteiger partial charge in [0.25, 0.3) is 5.91 Å². The van der Waals surface area contributed by atoms with E-state index < -0.39 is 10.0 Å². The summed E-state index contributed by atoms with van der Waals surface area (Å²) in [5, 5.41) is 3.71. The highest BCUT2D eigenvalue weighted by Crippen LogP contribution is 2.23. The van der Waals surface area contributed by atoms with Crippen molar-refractivity contribution in [3.63, 3.8) is 0 Å². The Balaban J connectivity index is 1.51. The molecule has 0 saturated carbocycles. The Labute approximate surface area is 150 Å². The van der Waals surface area contributed by atoms with E-state index in [4.69, 9.17) is 9.15 Å². The van der Waals surface area contributed by atoms with E-state index in [0.29, 0.717) is 16.9 Å². The number of hydrogen-bond acceptors (Lipinski definition) is 5. The number of anilines is 2. The molecule has 1 saturated heterocycles. The van der Waals surface area contributed by atoms with Gasteiger partial charge in [0.1, 0.15) is 12.3 Å². The van der Waals surface area contributed by atoms with Crippen molar-refractivity contribution in [1.29, 1.82) is 0 Å². The Morgan fingerprint density at radius 2 is 1.88 bits per heavy atom. The van der Waals surface area contributed by atoms with Crippen LogP contribution in [0.25, 0.3) is 11.0 Å². The third kappa shape index (κ3) is 3.16. The highest BCUT2D eigenvalue weighted by molar-refractivity contribution is 7.92. The zero-order valence-corrected chi connectivity index (χ0v) is 14.5. The molecule has 1 aliphatic heterocycles. The van der Waals surface area contributed by atoms with Crippen molar-refractivity contribution in [3.05, 3.63) is 60.4 Å². The molecule has 1 N–H and O–H groups in total. The molecule has 1 aromatic heterocycles. The molecule has 8 heteroatoms. The van der Waals surface area contributed by atoms with E-state index in [1.807, 2.05) is 12.1 Å². The molecule has 0 atom stereocenters. The first-order valence-corrected chi connectivity index (χ1v) is 9.61. The summed E-state index contributed by atoms with van der Waals surface area (Å²) in [4.78, 5) is 12.4. The average Bonchev–Trinajstić information content (AvgIpc) is 3.09. The molecule has 0 spiro atoms. The number of ether oxygens (including phenoxy) is 1. The number of rotatable bonds is 3. The highest BCUT2D eigenvalue weighted by Gasteiger charge is 2.26. The van der Waals surface area contributed by atoms with Crippen molar-refractivity contribution >= 4 is 38.3 Å². The maximum atomic E-state index is 12.4. The molecule has 3 aromatic rings. The van der Waals surface area contributed by atoms with Crippen molar-refractivity contribution < 1.29 is 22.4 Å². The number of fused-ring (bicyclic) bond motifs is 1. The normalized spacial score (nSPS) is 16.5. The van der Waals surface area contributed by atoms with Crippen molar-refractivity contribution in [2.75, 3.05) is 28.7 Å². The Bertz CT molecular complexity index is 1060. The second-order valence-corrected chi connectivity index (χ2v) is 7.89. The summed E-state index contributed by atoms with van der Waals surface area (Å²) in [7, 11) is -3.37. The van der Waals surface area contributed by atoms with Gasteiger partial charge in [0.2, 0.25) is 10.0 Å². The Kier molecular flexibility index (Phi) is 4.14. The molecular weight excluding hydrogens is 356 g/mol. The van der Waals surface area contributed by atoms with Crippen LogP contribution in [0.1, 0.15) is 10.4 Å². The number of nitrogens with one attached hydrogen (secondary N) is 1. The van der Waals surface area contributed by atoms with Gasteiger partial charge in [0.15, 0.2) is 0 Å². The average molecular weight is 372 g/mol. The highest BCUT2D eigenvalue weighted by atomic mass is 32.2. The lowest BCUT2D eigenvalue weighted by Gasteiger charge is -2.28. The third-order valence-electron chi connectivity index (χ3n) is 4.16. The van der Waals surface area contributed by atoms with Crippen LogP contribution in [0.5, 0.6) is 0 Å². The minimum Gasteiger partial charge on any atom is -0.464 e. The topological polar surface area (TPSA) is 88.8 Å². The third-order valence-corrected chi connectivity index (χ3v) is 5.83. The van der Waals surface area contributed by atoms with E-state index in [1.165, 1.54) is 4.31 Å².